The Bertz CT molecular complexity index is 798. The molecule has 5 heteroatoms. The van der Waals surface area contributed by atoms with Crippen molar-refractivity contribution in [2.45, 2.75) is 19.3 Å². The Labute approximate surface area is 180 Å². The molecule has 156 valence electrons. The van der Waals surface area contributed by atoms with Crippen molar-refractivity contribution in [2.24, 2.45) is 5.92 Å². The van der Waals surface area contributed by atoms with Crippen molar-refractivity contribution in [3.63, 3.8) is 0 Å². The van der Waals surface area contributed by atoms with Gasteiger partial charge in [-0.3, -0.25) is 4.79 Å². The number of piperidine rings is 1. The van der Waals surface area contributed by atoms with Crippen LogP contribution in [0.15, 0.2) is 48.5 Å². The Morgan fingerprint density at radius 2 is 1.76 bits per heavy atom. The average molecular weight is 414 g/mol. The highest BCUT2D eigenvalue weighted by Gasteiger charge is 2.22. The number of anilines is 1. The molecule has 1 fully saturated rings. The summed E-state index contributed by atoms with van der Waals surface area (Å²) >= 11 is 5.96. The number of amides is 1. The molecule has 0 aromatic heterocycles. The summed E-state index contributed by atoms with van der Waals surface area (Å²) in [5.41, 5.74) is 3.15. The number of hydrogen-bond donors (Lipinski definition) is 0. The highest BCUT2D eigenvalue weighted by Crippen LogP contribution is 2.21. The van der Waals surface area contributed by atoms with Crippen LogP contribution in [0.25, 0.3) is 0 Å². The minimum atomic E-state index is 0.110. The molecule has 0 bridgehead atoms. The predicted octanol–water partition coefficient (Wildman–Crippen LogP) is 4.43. The Morgan fingerprint density at radius 3 is 2.41 bits per heavy atom. The lowest BCUT2D eigenvalue weighted by Crippen LogP contribution is -2.40. The number of hydrogen-bond acceptors (Lipinski definition) is 3. The Hall–Kier alpha value is -2.04. The van der Waals surface area contributed by atoms with E-state index in [1.54, 1.807) is 0 Å². The first-order chi connectivity index (χ1) is 13.9. The molecule has 0 aliphatic carbocycles. The summed E-state index contributed by atoms with van der Waals surface area (Å²) in [4.78, 5) is 19.3. The van der Waals surface area contributed by atoms with Crippen LogP contribution in [0.4, 0.5) is 5.69 Å². The van der Waals surface area contributed by atoms with Gasteiger partial charge in [0.15, 0.2) is 0 Å². The highest BCUT2D eigenvalue weighted by molar-refractivity contribution is 6.30. The molecule has 3 rings (SSSR count). The minimum Gasteiger partial charge on any atom is -0.378 e. The molecule has 0 N–H and O–H groups in total. The van der Waals surface area contributed by atoms with Crippen LogP contribution in [0.1, 0.15) is 28.8 Å². The lowest BCUT2D eigenvalue weighted by molar-refractivity contribution is 0.0740. The van der Waals surface area contributed by atoms with Gasteiger partial charge in [0.1, 0.15) is 0 Å². The smallest absolute Gasteiger partial charge is 0.253 e. The quantitative estimate of drug-likeness (QED) is 0.671. The van der Waals surface area contributed by atoms with Crippen molar-refractivity contribution < 1.29 is 4.79 Å². The molecular formula is C24H32ClN3O. The number of halogens is 1. The van der Waals surface area contributed by atoms with Gasteiger partial charge in [0.2, 0.25) is 0 Å². The molecule has 1 aliphatic heterocycles. The van der Waals surface area contributed by atoms with E-state index in [0.717, 1.165) is 61.7 Å². The third-order valence-corrected chi connectivity index (χ3v) is 6.08. The van der Waals surface area contributed by atoms with Gasteiger partial charge in [0, 0.05) is 50.5 Å². The molecule has 0 spiro atoms. The van der Waals surface area contributed by atoms with Gasteiger partial charge in [-0.2, -0.15) is 0 Å². The van der Waals surface area contributed by atoms with E-state index in [1.807, 2.05) is 67.3 Å². The van der Waals surface area contributed by atoms with E-state index in [2.05, 4.69) is 17.0 Å². The zero-order chi connectivity index (χ0) is 20.8. The monoisotopic (exact) mass is 413 g/mol. The number of rotatable bonds is 7. The summed E-state index contributed by atoms with van der Waals surface area (Å²) in [6, 6.07) is 16.0. The molecule has 0 atom stereocenters. The van der Waals surface area contributed by atoms with E-state index in [4.69, 9.17) is 11.6 Å². The van der Waals surface area contributed by atoms with Crippen LogP contribution in [0.5, 0.6) is 0 Å². The maximum absolute atomic E-state index is 12.8. The predicted molar refractivity (Wildman–Crippen MR) is 122 cm³/mol. The summed E-state index contributed by atoms with van der Waals surface area (Å²) in [5.74, 6) is 0.687. The lowest BCUT2D eigenvalue weighted by atomic mass is 9.95. The number of benzene rings is 2. The third-order valence-electron chi connectivity index (χ3n) is 5.83. The molecule has 4 nitrogen and oxygen atoms in total. The molecule has 0 saturated carbocycles. The average Bonchev–Trinajstić information content (AvgIpc) is 2.74. The first-order valence-corrected chi connectivity index (χ1v) is 10.8. The zero-order valence-electron chi connectivity index (χ0n) is 17.8. The Balaban J connectivity index is 1.44. The van der Waals surface area contributed by atoms with Gasteiger partial charge in [0.05, 0.1) is 0 Å². The summed E-state index contributed by atoms with van der Waals surface area (Å²) in [5, 5.41) is 0.793. The second-order valence-electron chi connectivity index (χ2n) is 8.29. The normalized spacial score (nSPS) is 15.3. The van der Waals surface area contributed by atoms with Crippen LogP contribution in [-0.2, 0) is 6.42 Å². The van der Waals surface area contributed by atoms with Crippen molar-refractivity contribution in [1.29, 1.82) is 0 Å². The van der Waals surface area contributed by atoms with E-state index in [9.17, 15) is 4.79 Å². The number of carbonyl (C=O) groups excluding carboxylic acids is 1. The van der Waals surface area contributed by atoms with Crippen LogP contribution in [0.3, 0.4) is 0 Å². The fourth-order valence-electron chi connectivity index (χ4n) is 3.94. The van der Waals surface area contributed by atoms with Crippen LogP contribution >= 0.6 is 11.6 Å². The van der Waals surface area contributed by atoms with Crippen molar-refractivity contribution in [3.8, 4) is 0 Å². The third kappa shape index (κ3) is 6.22. The van der Waals surface area contributed by atoms with Crippen molar-refractivity contribution in [1.82, 2.24) is 9.80 Å². The van der Waals surface area contributed by atoms with Crippen molar-refractivity contribution in [2.75, 3.05) is 52.2 Å². The highest BCUT2D eigenvalue weighted by atomic mass is 35.5. The van der Waals surface area contributed by atoms with Gasteiger partial charge in [0.25, 0.3) is 5.91 Å². The molecule has 2 aromatic carbocycles. The maximum atomic E-state index is 12.8. The Kier molecular flexibility index (Phi) is 7.57. The maximum Gasteiger partial charge on any atom is 0.253 e. The number of carbonyl (C=O) groups is 1. The second kappa shape index (κ2) is 10.1. The summed E-state index contributed by atoms with van der Waals surface area (Å²) < 4.78 is 0. The van der Waals surface area contributed by atoms with Gasteiger partial charge in [-0.1, -0.05) is 29.8 Å². The standard InChI is InChI=1S/C24H32ClN3O/c1-26(2)23-6-4-5-21(17-23)24(29)27(3)18-20-12-15-28(16-13-20)14-11-19-7-9-22(25)10-8-19/h4-10,17,20H,11-16,18H2,1-3H3. The van der Waals surface area contributed by atoms with Crippen LogP contribution in [0.2, 0.25) is 5.02 Å². The summed E-state index contributed by atoms with van der Waals surface area (Å²) in [7, 11) is 5.92. The first kappa shape index (κ1) is 21.7. The van der Waals surface area contributed by atoms with E-state index in [1.165, 1.54) is 5.56 Å². The van der Waals surface area contributed by atoms with Crippen molar-refractivity contribution in [3.05, 3.63) is 64.7 Å². The lowest BCUT2D eigenvalue weighted by Gasteiger charge is -2.34. The Morgan fingerprint density at radius 1 is 1.07 bits per heavy atom. The van der Waals surface area contributed by atoms with E-state index < -0.39 is 0 Å². The topological polar surface area (TPSA) is 26.8 Å². The molecule has 29 heavy (non-hydrogen) atoms. The SMILES string of the molecule is CN(CC1CCN(CCc2ccc(Cl)cc2)CC1)C(=O)c1cccc(N(C)C)c1. The fraction of sp³-hybridized carbons (Fsp3) is 0.458. The minimum absolute atomic E-state index is 0.110. The molecule has 2 aromatic rings. The molecule has 1 amide bonds. The van der Waals surface area contributed by atoms with E-state index >= 15 is 0 Å². The van der Waals surface area contributed by atoms with Crippen LogP contribution < -0.4 is 4.90 Å². The largest absolute Gasteiger partial charge is 0.378 e. The van der Waals surface area contributed by atoms with Gasteiger partial charge >= 0.3 is 0 Å². The molecule has 0 radical (unpaired) electrons. The summed E-state index contributed by atoms with van der Waals surface area (Å²) in [6.45, 7) is 4.13. The number of nitrogens with zero attached hydrogens (tertiary/aromatic N) is 3. The van der Waals surface area contributed by atoms with Crippen LogP contribution in [-0.4, -0.2) is 63.0 Å². The number of likely N-dealkylation sites (tertiary alicyclic amines) is 1. The summed E-state index contributed by atoms with van der Waals surface area (Å²) in [6.07, 6.45) is 3.36. The second-order valence-corrected chi connectivity index (χ2v) is 8.73. The van der Waals surface area contributed by atoms with Crippen LogP contribution in [0, 0.1) is 5.92 Å². The van der Waals surface area contributed by atoms with E-state index in [0.29, 0.717) is 5.92 Å². The van der Waals surface area contributed by atoms with Gasteiger partial charge < -0.3 is 14.7 Å². The van der Waals surface area contributed by atoms with Gasteiger partial charge in [-0.05, 0) is 74.2 Å². The molecular weight excluding hydrogens is 382 g/mol. The molecule has 1 saturated heterocycles. The fourth-order valence-corrected chi connectivity index (χ4v) is 4.06. The molecule has 0 unspecified atom stereocenters. The van der Waals surface area contributed by atoms with Crippen molar-refractivity contribution >= 4 is 23.2 Å². The molecule has 1 aliphatic rings. The van der Waals surface area contributed by atoms with E-state index in [-0.39, 0.29) is 5.91 Å². The van der Waals surface area contributed by atoms with Gasteiger partial charge in [-0.25, -0.2) is 0 Å². The van der Waals surface area contributed by atoms with Gasteiger partial charge in [-0.15, -0.1) is 0 Å². The first-order valence-electron chi connectivity index (χ1n) is 10.4. The molecule has 1 heterocycles. The zero-order valence-corrected chi connectivity index (χ0v) is 18.5.